The first-order valence-corrected chi connectivity index (χ1v) is 11.4. The van der Waals surface area contributed by atoms with E-state index in [1.165, 1.54) is 30.3 Å². The van der Waals surface area contributed by atoms with Crippen molar-refractivity contribution in [3.8, 4) is 0 Å². The number of halogens is 2. The van der Waals surface area contributed by atoms with Crippen molar-refractivity contribution in [1.29, 1.82) is 0 Å². The first-order chi connectivity index (χ1) is 16.4. The summed E-state index contributed by atoms with van der Waals surface area (Å²) in [4.78, 5) is 56.0. The first-order valence-electron chi connectivity index (χ1n) is 10.6. The van der Waals surface area contributed by atoms with Crippen LogP contribution in [-0.4, -0.2) is 29.0 Å². The zero-order valence-corrected chi connectivity index (χ0v) is 18.9. The van der Waals surface area contributed by atoms with Gasteiger partial charge in [0.25, 0.3) is 0 Å². The molecule has 168 valence electrons. The number of benzene rings is 3. The van der Waals surface area contributed by atoms with E-state index in [1.807, 2.05) is 0 Å². The average molecular weight is 492 g/mol. The van der Waals surface area contributed by atoms with Crippen LogP contribution >= 0.6 is 23.2 Å². The summed E-state index contributed by atoms with van der Waals surface area (Å²) in [6.07, 6.45) is -0.979. The fourth-order valence-electron chi connectivity index (χ4n) is 5.36. The lowest BCUT2D eigenvalue weighted by Crippen LogP contribution is -2.51. The number of anilines is 1. The zero-order chi connectivity index (χ0) is 23.8. The molecule has 0 saturated carbocycles. The third kappa shape index (κ3) is 2.61. The summed E-state index contributed by atoms with van der Waals surface area (Å²) >= 11 is 12.5. The Bertz CT molecular complexity index is 1380. The number of amides is 2. The Kier molecular flexibility index (Phi) is 4.58. The van der Waals surface area contributed by atoms with E-state index in [0.717, 1.165) is 4.90 Å². The molecule has 1 aliphatic carbocycles. The minimum atomic E-state index is -2.12. The first kappa shape index (κ1) is 21.2. The van der Waals surface area contributed by atoms with Gasteiger partial charge in [-0.15, -0.1) is 0 Å². The van der Waals surface area contributed by atoms with Crippen LogP contribution in [-0.2, 0) is 14.3 Å². The lowest BCUT2D eigenvalue weighted by Gasteiger charge is -2.27. The molecule has 6 nitrogen and oxygen atoms in total. The Morgan fingerprint density at radius 2 is 1.38 bits per heavy atom. The number of hydrogen-bond acceptors (Lipinski definition) is 5. The number of ether oxygens (including phenoxy) is 1. The van der Waals surface area contributed by atoms with Gasteiger partial charge >= 0.3 is 0 Å². The van der Waals surface area contributed by atoms with Gasteiger partial charge in [0, 0.05) is 16.1 Å². The quantitative estimate of drug-likeness (QED) is 0.383. The molecule has 2 heterocycles. The van der Waals surface area contributed by atoms with Gasteiger partial charge in [-0.1, -0.05) is 77.8 Å². The van der Waals surface area contributed by atoms with E-state index in [-0.39, 0.29) is 26.9 Å². The summed E-state index contributed by atoms with van der Waals surface area (Å²) in [6.45, 7) is 0. The van der Waals surface area contributed by atoms with Crippen LogP contribution in [0, 0.1) is 11.8 Å². The molecule has 3 aliphatic rings. The largest absolute Gasteiger partial charge is 0.349 e. The second-order valence-corrected chi connectivity index (χ2v) is 9.34. The Labute approximate surface area is 204 Å². The molecule has 34 heavy (non-hydrogen) atoms. The number of fused-ring (bicyclic) bond motifs is 3. The van der Waals surface area contributed by atoms with Crippen LogP contribution in [0.2, 0.25) is 10.0 Å². The fourth-order valence-corrected chi connectivity index (χ4v) is 5.72. The molecule has 0 N–H and O–H groups in total. The number of hydrogen-bond donors (Lipinski definition) is 0. The maximum atomic E-state index is 13.9. The number of ketones is 2. The Balaban J connectivity index is 1.57. The molecule has 2 amide bonds. The summed E-state index contributed by atoms with van der Waals surface area (Å²) in [5.74, 6) is -4.96. The SMILES string of the molecule is O=C1[C@@H]2[C@@H](c3ccccc3)OC3(C(=O)c4ccccc4C3=O)[C@@H]2C(=O)N1c1cc(Cl)ccc1Cl. The number of carbonyl (C=O) groups is 4. The van der Waals surface area contributed by atoms with Crippen molar-refractivity contribution in [2.75, 3.05) is 4.90 Å². The normalized spacial score (nSPS) is 24.8. The molecule has 3 atom stereocenters. The fraction of sp³-hybridized carbons (Fsp3) is 0.154. The number of carbonyl (C=O) groups excluding carboxylic acids is 4. The van der Waals surface area contributed by atoms with E-state index in [0.29, 0.717) is 5.56 Å². The van der Waals surface area contributed by atoms with E-state index < -0.39 is 46.9 Å². The van der Waals surface area contributed by atoms with Crippen molar-refractivity contribution in [1.82, 2.24) is 0 Å². The van der Waals surface area contributed by atoms with Gasteiger partial charge in [-0.3, -0.25) is 19.2 Å². The van der Waals surface area contributed by atoms with Crippen molar-refractivity contribution in [2.24, 2.45) is 11.8 Å². The van der Waals surface area contributed by atoms with Gasteiger partial charge < -0.3 is 4.74 Å². The van der Waals surface area contributed by atoms with Gasteiger partial charge in [-0.25, -0.2) is 4.90 Å². The Morgan fingerprint density at radius 1 is 0.765 bits per heavy atom. The highest BCUT2D eigenvalue weighted by atomic mass is 35.5. The molecule has 3 aromatic carbocycles. The van der Waals surface area contributed by atoms with Gasteiger partial charge in [-0.05, 0) is 23.8 Å². The van der Waals surface area contributed by atoms with Crippen LogP contribution in [0.5, 0.6) is 0 Å². The van der Waals surface area contributed by atoms with Crippen LogP contribution < -0.4 is 4.90 Å². The van der Waals surface area contributed by atoms with Crippen LogP contribution in [0.25, 0.3) is 0 Å². The number of nitrogens with zero attached hydrogens (tertiary/aromatic N) is 1. The Hall–Kier alpha value is -3.32. The molecule has 2 saturated heterocycles. The molecular weight excluding hydrogens is 477 g/mol. The molecule has 0 radical (unpaired) electrons. The van der Waals surface area contributed by atoms with Crippen LogP contribution in [0.4, 0.5) is 5.69 Å². The van der Waals surface area contributed by atoms with Crippen molar-refractivity contribution < 1.29 is 23.9 Å². The molecule has 0 bridgehead atoms. The van der Waals surface area contributed by atoms with E-state index in [9.17, 15) is 19.2 Å². The third-order valence-electron chi connectivity index (χ3n) is 6.80. The van der Waals surface area contributed by atoms with E-state index in [2.05, 4.69) is 0 Å². The minimum Gasteiger partial charge on any atom is -0.349 e. The second kappa shape index (κ2) is 7.34. The maximum Gasteiger partial charge on any atom is 0.241 e. The predicted molar refractivity (Wildman–Crippen MR) is 124 cm³/mol. The summed E-state index contributed by atoms with van der Waals surface area (Å²) in [6, 6.07) is 19.6. The Morgan fingerprint density at radius 3 is 2.03 bits per heavy atom. The monoisotopic (exact) mass is 491 g/mol. The van der Waals surface area contributed by atoms with Gasteiger partial charge in [0.05, 0.1) is 28.6 Å². The van der Waals surface area contributed by atoms with Crippen LogP contribution in [0.1, 0.15) is 32.4 Å². The second-order valence-electron chi connectivity index (χ2n) is 8.50. The van der Waals surface area contributed by atoms with Gasteiger partial charge in [0.2, 0.25) is 29.0 Å². The highest BCUT2D eigenvalue weighted by molar-refractivity contribution is 6.40. The lowest BCUT2D eigenvalue weighted by molar-refractivity contribution is -0.127. The molecular formula is C26H15Cl2NO5. The maximum absolute atomic E-state index is 13.9. The van der Waals surface area contributed by atoms with E-state index in [1.54, 1.807) is 42.5 Å². The molecule has 2 aliphatic heterocycles. The van der Waals surface area contributed by atoms with Gasteiger partial charge in [0.15, 0.2) is 0 Å². The third-order valence-corrected chi connectivity index (χ3v) is 7.35. The summed E-state index contributed by atoms with van der Waals surface area (Å²) in [5, 5.41) is 0.424. The molecule has 0 unspecified atom stereocenters. The summed E-state index contributed by atoms with van der Waals surface area (Å²) < 4.78 is 6.22. The van der Waals surface area contributed by atoms with E-state index in [4.69, 9.17) is 27.9 Å². The van der Waals surface area contributed by atoms with Crippen molar-refractivity contribution in [2.45, 2.75) is 11.7 Å². The van der Waals surface area contributed by atoms with Crippen molar-refractivity contribution in [3.63, 3.8) is 0 Å². The topological polar surface area (TPSA) is 80.8 Å². The van der Waals surface area contributed by atoms with Gasteiger partial charge in [-0.2, -0.15) is 0 Å². The lowest BCUT2D eigenvalue weighted by atomic mass is 9.77. The number of imide groups is 1. The number of rotatable bonds is 2. The average Bonchev–Trinajstić information content (AvgIpc) is 3.41. The molecule has 1 spiro atoms. The zero-order valence-electron chi connectivity index (χ0n) is 17.4. The van der Waals surface area contributed by atoms with Crippen molar-refractivity contribution in [3.05, 3.63) is 99.5 Å². The summed E-state index contributed by atoms with van der Waals surface area (Å²) in [7, 11) is 0. The molecule has 8 heteroatoms. The van der Waals surface area contributed by atoms with Crippen LogP contribution in [0.3, 0.4) is 0 Å². The van der Waals surface area contributed by atoms with E-state index >= 15 is 0 Å². The van der Waals surface area contributed by atoms with Crippen molar-refractivity contribution >= 4 is 52.3 Å². The molecule has 2 fully saturated rings. The minimum absolute atomic E-state index is 0.107. The van der Waals surface area contributed by atoms with Crippen LogP contribution in [0.15, 0.2) is 72.8 Å². The standard InChI is InChI=1S/C26H15Cl2NO5/c27-14-10-11-17(28)18(12-14)29-24(32)19-20(25(29)33)26(34-21(19)13-6-2-1-3-7-13)22(30)15-8-4-5-9-16(15)23(26)31/h1-12,19-21H/t19-,20-,21+/m0/s1. The molecule has 0 aromatic heterocycles. The van der Waals surface area contributed by atoms with Gasteiger partial charge in [0.1, 0.15) is 0 Å². The number of Topliss-reactive ketones (excluding diaryl/α,β-unsaturated/α-hetero) is 2. The smallest absolute Gasteiger partial charge is 0.241 e. The predicted octanol–water partition coefficient (Wildman–Crippen LogP) is 4.69. The molecule has 6 rings (SSSR count). The highest BCUT2D eigenvalue weighted by Gasteiger charge is 2.74. The highest BCUT2D eigenvalue weighted by Crippen LogP contribution is 2.58. The molecule has 3 aromatic rings. The summed E-state index contributed by atoms with van der Waals surface area (Å²) in [5.41, 5.74) is -1.07.